The van der Waals surface area contributed by atoms with Crippen molar-refractivity contribution < 1.29 is 9.59 Å². The predicted molar refractivity (Wildman–Crippen MR) is 141 cm³/mol. The van der Waals surface area contributed by atoms with Crippen molar-refractivity contribution in [3.63, 3.8) is 0 Å². The number of benzene rings is 2. The number of para-hydroxylation sites is 2. The number of aromatic nitrogens is 2. The van der Waals surface area contributed by atoms with Crippen molar-refractivity contribution in [2.45, 2.75) is 52.6 Å². The van der Waals surface area contributed by atoms with E-state index in [9.17, 15) is 14.4 Å². The minimum absolute atomic E-state index is 0.143. The van der Waals surface area contributed by atoms with Crippen LogP contribution in [0.1, 0.15) is 50.4 Å². The smallest absolute Gasteiger partial charge is 0.294 e. The third kappa shape index (κ3) is 4.47. The molecule has 2 amide bonds. The van der Waals surface area contributed by atoms with Gasteiger partial charge in [0.15, 0.2) is 5.82 Å². The number of hydrogen-bond acceptors (Lipinski definition) is 5. The minimum atomic E-state index is -0.346. The minimum Gasteiger partial charge on any atom is -0.355 e. The zero-order chi connectivity index (χ0) is 25.7. The van der Waals surface area contributed by atoms with E-state index in [-0.39, 0.29) is 40.8 Å². The Bertz CT molecular complexity index is 1410. The Balaban J connectivity index is 1.48. The summed E-state index contributed by atoms with van der Waals surface area (Å²) in [5, 5.41) is 5.41. The highest BCUT2D eigenvalue weighted by Crippen LogP contribution is 2.52. The molecule has 1 aliphatic heterocycles. The third-order valence-corrected chi connectivity index (χ3v) is 7.46. The SMILES string of the molecule is CNC(=O)c1cccc(NC(=O)Cn2c(=O)c(N3C[C@@]4(C)C[C@H]3CC(C)(C)C4)nc3ccccc32)c1. The number of carbonyl (C=O) groups excluding carboxylic acids is 2. The van der Waals surface area contributed by atoms with Crippen LogP contribution in [0.25, 0.3) is 11.0 Å². The van der Waals surface area contributed by atoms with Crippen LogP contribution in [0, 0.1) is 10.8 Å². The highest BCUT2D eigenvalue weighted by Gasteiger charge is 2.50. The Morgan fingerprint density at radius 2 is 1.86 bits per heavy atom. The lowest BCUT2D eigenvalue weighted by Crippen LogP contribution is -2.39. The molecule has 2 aliphatic rings. The van der Waals surface area contributed by atoms with Crippen LogP contribution in [0.2, 0.25) is 0 Å². The molecule has 1 aliphatic carbocycles. The van der Waals surface area contributed by atoms with Crippen molar-refractivity contribution in [3.05, 3.63) is 64.4 Å². The lowest BCUT2D eigenvalue weighted by atomic mass is 9.65. The van der Waals surface area contributed by atoms with Gasteiger partial charge in [-0.3, -0.25) is 19.0 Å². The van der Waals surface area contributed by atoms with Crippen molar-refractivity contribution in [1.82, 2.24) is 14.9 Å². The lowest BCUT2D eigenvalue weighted by Gasteiger charge is -2.39. The summed E-state index contributed by atoms with van der Waals surface area (Å²) in [6.45, 7) is 7.55. The molecule has 188 valence electrons. The largest absolute Gasteiger partial charge is 0.355 e. The summed E-state index contributed by atoms with van der Waals surface area (Å²) in [5.74, 6) is -0.156. The van der Waals surface area contributed by atoms with Gasteiger partial charge in [-0.1, -0.05) is 39.0 Å². The molecule has 8 nitrogen and oxygen atoms in total. The molecule has 2 fully saturated rings. The van der Waals surface area contributed by atoms with E-state index in [4.69, 9.17) is 4.98 Å². The summed E-state index contributed by atoms with van der Waals surface area (Å²) in [6, 6.07) is 14.4. The first kappa shape index (κ1) is 24.0. The van der Waals surface area contributed by atoms with Gasteiger partial charge >= 0.3 is 0 Å². The van der Waals surface area contributed by atoms with Crippen molar-refractivity contribution in [2.75, 3.05) is 23.8 Å². The van der Waals surface area contributed by atoms with Gasteiger partial charge in [0.05, 0.1) is 11.0 Å². The fraction of sp³-hybridized carbons (Fsp3) is 0.429. The topological polar surface area (TPSA) is 96.3 Å². The number of anilines is 2. The maximum Gasteiger partial charge on any atom is 0.294 e. The molecule has 3 aromatic rings. The normalized spacial score (nSPS) is 22.4. The van der Waals surface area contributed by atoms with Gasteiger partial charge in [0.1, 0.15) is 6.54 Å². The predicted octanol–water partition coefficient (Wildman–Crippen LogP) is 3.80. The van der Waals surface area contributed by atoms with Crippen molar-refractivity contribution in [3.8, 4) is 0 Å². The van der Waals surface area contributed by atoms with Gasteiger partial charge in [0.25, 0.3) is 11.5 Å². The first-order chi connectivity index (χ1) is 17.1. The highest BCUT2D eigenvalue weighted by atomic mass is 16.2. The van der Waals surface area contributed by atoms with E-state index < -0.39 is 0 Å². The van der Waals surface area contributed by atoms with Crippen LogP contribution in [-0.4, -0.2) is 41.0 Å². The van der Waals surface area contributed by atoms with Crippen LogP contribution in [0.15, 0.2) is 53.3 Å². The van der Waals surface area contributed by atoms with Crippen molar-refractivity contribution in [2.24, 2.45) is 10.8 Å². The van der Waals surface area contributed by atoms with Crippen molar-refractivity contribution in [1.29, 1.82) is 0 Å². The van der Waals surface area contributed by atoms with Crippen LogP contribution >= 0.6 is 0 Å². The Labute approximate surface area is 210 Å². The molecule has 36 heavy (non-hydrogen) atoms. The molecule has 0 unspecified atom stereocenters. The second-order valence-corrected chi connectivity index (χ2v) is 11.4. The average Bonchev–Trinajstić information content (AvgIpc) is 3.08. The molecule has 8 heteroatoms. The molecule has 0 radical (unpaired) electrons. The Morgan fingerprint density at radius 3 is 2.64 bits per heavy atom. The molecule has 0 spiro atoms. The van der Waals surface area contributed by atoms with Gasteiger partial charge in [-0.15, -0.1) is 0 Å². The van der Waals surface area contributed by atoms with Gasteiger partial charge < -0.3 is 15.5 Å². The summed E-state index contributed by atoms with van der Waals surface area (Å²) in [5.41, 5.74) is 2.35. The van der Waals surface area contributed by atoms with Gasteiger partial charge in [-0.2, -0.15) is 0 Å². The van der Waals surface area contributed by atoms with E-state index in [1.165, 1.54) is 4.57 Å². The molecule has 5 rings (SSSR count). The third-order valence-electron chi connectivity index (χ3n) is 7.46. The number of nitrogens with zero attached hydrogens (tertiary/aromatic N) is 3. The summed E-state index contributed by atoms with van der Waals surface area (Å²) in [4.78, 5) is 45.8. The van der Waals surface area contributed by atoms with Crippen molar-refractivity contribution >= 4 is 34.4 Å². The van der Waals surface area contributed by atoms with Gasteiger partial charge in [-0.25, -0.2) is 4.98 Å². The fourth-order valence-electron chi connectivity index (χ4n) is 6.46. The molecule has 1 aromatic heterocycles. The average molecular weight is 488 g/mol. The molecular formula is C28H33N5O3. The zero-order valence-corrected chi connectivity index (χ0v) is 21.3. The number of rotatable bonds is 5. The van der Waals surface area contributed by atoms with Crippen LogP contribution in [0.3, 0.4) is 0 Å². The molecular weight excluding hydrogens is 454 g/mol. The summed E-state index contributed by atoms with van der Waals surface area (Å²) in [6.07, 6.45) is 3.18. The second-order valence-electron chi connectivity index (χ2n) is 11.4. The van der Waals surface area contributed by atoms with Gasteiger partial charge in [0, 0.05) is 30.9 Å². The highest BCUT2D eigenvalue weighted by molar-refractivity contribution is 5.97. The summed E-state index contributed by atoms with van der Waals surface area (Å²) >= 11 is 0. The number of amides is 2. The molecule has 2 heterocycles. The Morgan fingerprint density at radius 1 is 1.08 bits per heavy atom. The lowest BCUT2D eigenvalue weighted by molar-refractivity contribution is -0.116. The second kappa shape index (κ2) is 8.76. The summed E-state index contributed by atoms with van der Waals surface area (Å²) < 4.78 is 1.52. The molecule has 2 atom stereocenters. The number of carbonyl (C=O) groups is 2. The molecule has 2 aromatic carbocycles. The number of hydrogen-bond donors (Lipinski definition) is 2. The van der Waals surface area contributed by atoms with E-state index in [1.807, 2.05) is 24.3 Å². The van der Waals surface area contributed by atoms with E-state index in [2.05, 4.69) is 36.3 Å². The Kier molecular flexibility index (Phi) is 5.85. The summed E-state index contributed by atoms with van der Waals surface area (Å²) in [7, 11) is 1.56. The van der Waals surface area contributed by atoms with Crippen LogP contribution < -0.4 is 21.1 Å². The molecule has 2 N–H and O–H groups in total. The van der Waals surface area contributed by atoms with Crippen LogP contribution in [0.4, 0.5) is 11.5 Å². The van der Waals surface area contributed by atoms with Gasteiger partial charge in [0.2, 0.25) is 5.91 Å². The van der Waals surface area contributed by atoms with Crippen LogP contribution in [0.5, 0.6) is 0 Å². The van der Waals surface area contributed by atoms with E-state index >= 15 is 0 Å². The molecule has 1 saturated heterocycles. The maximum atomic E-state index is 13.8. The maximum absolute atomic E-state index is 13.8. The zero-order valence-electron chi connectivity index (χ0n) is 21.3. The monoisotopic (exact) mass is 487 g/mol. The quantitative estimate of drug-likeness (QED) is 0.571. The molecule has 1 saturated carbocycles. The first-order valence-corrected chi connectivity index (χ1v) is 12.5. The number of fused-ring (bicyclic) bond motifs is 3. The van der Waals surface area contributed by atoms with Crippen LogP contribution in [-0.2, 0) is 11.3 Å². The number of nitrogens with one attached hydrogen (secondary N) is 2. The molecule has 2 bridgehead atoms. The standard InChI is InChI=1S/C28H33N5O3/c1-27(2)13-20-14-28(3,16-27)17-33(20)24-26(36)32(22-11-6-5-10-21(22)31-24)15-23(34)30-19-9-7-8-18(12-19)25(35)29-4/h5-12,20H,13-17H2,1-4H3,(H,29,35)(H,30,34)/t20-,28+/m1/s1. The van der Waals surface area contributed by atoms with E-state index in [0.717, 1.165) is 25.8 Å². The fourth-order valence-corrected chi connectivity index (χ4v) is 6.46. The van der Waals surface area contributed by atoms with Gasteiger partial charge in [-0.05, 0) is 60.4 Å². The van der Waals surface area contributed by atoms with E-state index in [1.54, 1.807) is 31.3 Å². The van der Waals surface area contributed by atoms with E-state index in [0.29, 0.717) is 28.1 Å². The Hall–Kier alpha value is -3.68. The first-order valence-electron chi connectivity index (χ1n) is 12.5.